The van der Waals surface area contributed by atoms with Gasteiger partial charge >= 0.3 is 0 Å². The van der Waals surface area contributed by atoms with Gasteiger partial charge < -0.3 is 26.0 Å². The number of hydrogen-bond donors (Lipinski definition) is 5. The minimum Gasteiger partial charge on any atom is -0.385 e. The van der Waals surface area contributed by atoms with Crippen molar-refractivity contribution in [3.63, 3.8) is 0 Å². The first-order chi connectivity index (χ1) is 26.0. The van der Waals surface area contributed by atoms with Crippen molar-refractivity contribution in [3.8, 4) is 6.07 Å². The number of methoxy groups -OCH3 is 1. The maximum atomic E-state index is 12.4. The largest absolute Gasteiger partial charge is 0.385 e. The number of aromatic nitrogens is 4. The first-order valence-corrected chi connectivity index (χ1v) is 20.8. The lowest BCUT2D eigenvalue weighted by molar-refractivity contribution is 0.197. The van der Waals surface area contributed by atoms with Crippen LogP contribution in [0.3, 0.4) is 0 Å². The smallest absolute Gasteiger partial charge is 0.296 e. The molecule has 4 aromatic rings. The van der Waals surface area contributed by atoms with Gasteiger partial charge in [0.25, 0.3) is 10.1 Å². The second-order valence-electron chi connectivity index (χ2n) is 11.1. The maximum Gasteiger partial charge on any atom is 0.296 e. The van der Waals surface area contributed by atoms with E-state index in [1.807, 2.05) is 0 Å². The normalized spacial score (nSPS) is 11.8. The number of nitrogens with zero attached hydrogens (tertiary/aromatic N) is 7. The summed E-state index contributed by atoms with van der Waals surface area (Å²) in [5, 5.41) is 31.4. The summed E-state index contributed by atoms with van der Waals surface area (Å²) in [5.74, 6) is -0.297. The van der Waals surface area contributed by atoms with Crippen LogP contribution in [0.25, 0.3) is 0 Å². The molecule has 0 saturated heterocycles. The van der Waals surface area contributed by atoms with Crippen LogP contribution in [0.15, 0.2) is 86.5 Å². The lowest BCUT2D eigenvalue weighted by Crippen LogP contribution is -2.16. The van der Waals surface area contributed by atoms with Gasteiger partial charge in [-0.2, -0.15) is 28.6 Å². The molecule has 0 aliphatic heterocycles. The average molecular weight is 832 g/mol. The van der Waals surface area contributed by atoms with E-state index in [2.05, 4.69) is 70.7 Å². The summed E-state index contributed by atoms with van der Waals surface area (Å²) in [7, 11) is -10.6. The van der Waals surface area contributed by atoms with E-state index >= 15 is 0 Å². The van der Waals surface area contributed by atoms with Crippen LogP contribution in [0.4, 0.5) is 46.3 Å². The summed E-state index contributed by atoms with van der Waals surface area (Å²) < 4.78 is 88.0. The summed E-state index contributed by atoms with van der Waals surface area (Å²) in [5.41, 5.74) is 0.542. The first kappa shape index (κ1) is 42.2. The second kappa shape index (κ2) is 18.2. The average Bonchev–Trinajstić information content (AvgIpc) is 3.12. The van der Waals surface area contributed by atoms with E-state index in [4.69, 9.17) is 16.3 Å². The van der Waals surface area contributed by atoms with Gasteiger partial charge in [-0.25, -0.2) is 21.8 Å². The van der Waals surface area contributed by atoms with Gasteiger partial charge in [-0.15, -0.1) is 10.2 Å². The van der Waals surface area contributed by atoms with E-state index in [1.54, 1.807) is 14.0 Å². The fourth-order valence-electron chi connectivity index (χ4n) is 4.56. The molecule has 2 aromatic carbocycles. The number of rotatable bonds is 19. The predicted octanol–water partition coefficient (Wildman–Crippen LogP) is 5.59. The van der Waals surface area contributed by atoms with Crippen LogP contribution in [0.2, 0.25) is 5.28 Å². The molecule has 0 radical (unpaired) electrons. The zero-order chi connectivity index (χ0) is 40.4. The van der Waals surface area contributed by atoms with E-state index in [9.17, 15) is 35.1 Å². The molecule has 0 atom stereocenters. The highest BCUT2D eigenvalue weighted by molar-refractivity contribution is 7.94. The number of anilines is 6. The van der Waals surface area contributed by atoms with E-state index in [-0.39, 0.29) is 74.2 Å². The number of nitriles is 1. The topological polar surface area (TPSA) is 280 Å². The minimum atomic E-state index is -4.85. The van der Waals surface area contributed by atoms with Gasteiger partial charge in [0.15, 0.2) is 25.5 Å². The zero-order valence-corrected chi connectivity index (χ0v) is 32.4. The van der Waals surface area contributed by atoms with Crippen molar-refractivity contribution in [2.45, 2.75) is 23.1 Å². The van der Waals surface area contributed by atoms with Crippen molar-refractivity contribution in [1.29, 1.82) is 5.26 Å². The molecule has 290 valence electrons. The Morgan fingerprint density at radius 3 is 2.13 bits per heavy atom. The Morgan fingerprint density at radius 2 is 1.53 bits per heavy atom. The van der Waals surface area contributed by atoms with Crippen LogP contribution < -0.4 is 21.3 Å². The summed E-state index contributed by atoms with van der Waals surface area (Å²) in [4.78, 5) is 16.1. The van der Waals surface area contributed by atoms with Crippen molar-refractivity contribution in [3.05, 3.63) is 82.8 Å². The van der Waals surface area contributed by atoms with Crippen molar-refractivity contribution in [2.75, 3.05) is 53.8 Å². The number of hydrogen-bond acceptors (Lipinski definition) is 18. The summed E-state index contributed by atoms with van der Waals surface area (Å²) >= 11 is 6.14. The van der Waals surface area contributed by atoms with Crippen molar-refractivity contribution >= 4 is 87.7 Å². The molecule has 55 heavy (non-hydrogen) atoms. The number of sulfone groups is 2. The molecule has 0 amide bonds. The Labute approximate surface area is 322 Å². The first-order valence-electron chi connectivity index (χ1n) is 15.7. The molecule has 0 aliphatic carbocycles. The molecule has 0 unspecified atom stereocenters. The Morgan fingerprint density at radius 1 is 0.891 bits per heavy atom. The van der Waals surface area contributed by atoms with Gasteiger partial charge in [0.1, 0.15) is 28.2 Å². The van der Waals surface area contributed by atoms with Crippen molar-refractivity contribution < 1.29 is 34.5 Å². The predicted molar refractivity (Wildman–Crippen MR) is 207 cm³/mol. The molecule has 19 nitrogen and oxygen atoms in total. The quantitative estimate of drug-likeness (QED) is 0.0437. The molecule has 0 spiro atoms. The third-order valence-electron chi connectivity index (χ3n) is 7.29. The fourth-order valence-corrected chi connectivity index (χ4v) is 6.59. The van der Waals surface area contributed by atoms with E-state index in [1.165, 1.54) is 36.4 Å². The van der Waals surface area contributed by atoms with Gasteiger partial charge in [0.05, 0.1) is 16.2 Å². The highest BCUT2D eigenvalue weighted by Gasteiger charge is 2.21. The SMILES string of the molecule is C=CS(=O)(=O)CCNc1nc(NCCCOC)c(C#N)c(C)c1N=Nc1cc(Nc2nc(Cl)nc(Nc3ccc(S(=O)(=O)C=C)cc3)n2)ccc1S(=O)(=O)O. The lowest BCUT2D eigenvalue weighted by atomic mass is 10.1. The van der Waals surface area contributed by atoms with Gasteiger partial charge in [0.2, 0.25) is 17.2 Å². The molecule has 0 aliphatic rings. The van der Waals surface area contributed by atoms with E-state index < -0.39 is 34.7 Å². The van der Waals surface area contributed by atoms with Crippen LogP contribution in [0.1, 0.15) is 17.5 Å². The van der Waals surface area contributed by atoms with Gasteiger partial charge in [-0.3, -0.25) is 4.55 Å². The molecule has 4 rings (SSSR count). The van der Waals surface area contributed by atoms with Crippen LogP contribution in [-0.4, -0.2) is 82.3 Å². The second-order valence-corrected chi connectivity index (χ2v) is 16.8. The van der Waals surface area contributed by atoms with E-state index in [0.717, 1.165) is 16.9 Å². The number of azo groups is 1. The third kappa shape index (κ3) is 11.5. The Kier molecular flexibility index (Phi) is 13.9. The Bertz CT molecular complexity index is 2500. The van der Waals surface area contributed by atoms with Gasteiger partial charge in [-0.1, -0.05) is 13.2 Å². The van der Waals surface area contributed by atoms with Crippen LogP contribution in [0, 0.1) is 18.3 Å². The van der Waals surface area contributed by atoms with Crippen LogP contribution >= 0.6 is 11.6 Å². The highest BCUT2D eigenvalue weighted by Crippen LogP contribution is 2.37. The molecular weight excluding hydrogens is 798 g/mol. The Hall–Kier alpha value is -5.57. The summed E-state index contributed by atoms with van der Waals surface area (Å²) in [6.07, 6.45) is 0.583. The van der Waals surface area contributed by atoms with Crippen LogP contribution in [0.5, 0.6) is 0 Å². The summed E-state index contributed by atoms with van der Waals surface area (Å²) in [6.45, 7) is 8.84. The highest BCUT2D eigenvalue weighted by atomic mass is 35.5. The molecule has 0 fully saturated rings. The molecule has 23 heteroatoms. The lowest BCUT2D eigenvalue weighted by Gasteiger charge is -2.15. The molecule has 2 heterocycles. The van der Waals surface area contributed by atoms with Crippen molar-refractivity contribution in [1.82, 2.24) is 19.9 Å². The van der Waals surface area contributed by atoms with Crippen molar-refractivity contribution in [2.24, 2.45) is 10.2 Å². The number of halogens is 1. The maximum absolute atomic E-state index is 12.4. The molecule has 0 bridgehead atoms. The van der Waals surface area contributed by atoms with E-state index in [0.29, 0.717) is 25.3 Å². The fraction of sp³-hybridized carbons (Fsp3) is 0.219. The van der Waals surface area contributed by atoms with Gasteiger partial charge in [-0.05, 0) is 67.4 Å². The number of pyridine rings is 1. The zero-order valence-electron chi connectivity index (χ0n) is 29.2. The van der Waals surface area contributed by atoms with Crippen LogP contribution in [-0.2, 0) is 34.5 Å². The summed E-state index contributed by atoms with van der Waals surface area (Å²) in [6, 6.07) is 11.3. The standard InChI is InChI=1S/C32H34ClN11O8S3/c1-5-53(45,46)17-15-36-29-27(20(3)24(19-34)28(39-29)35-14-7-16-52-4)44-43-25-18-22(10-13-26(25)55(49,50)51)38-32-41-30(33)40-31(42-32)37-21-8-11-23(12-9-21)54(47,48)6-2/h5-6,8-13,18H,1-2,7,14-17H2,3-4H3,(H2,35,36,39)(H,49,50,51)(H2,37,38,40,41,42). The molecular formula is C32H34ClN11O8S3. The minimum absolute atomic E-state index is 0.0215. The Balaban J connectivity index is 1.71. The third-order valence-corrected chi connectivity index (χ3v) is 11.0. The number of benzene rings is 2. The number of nitrogens with one attached hydrogen (secondary N) is 4. The monoisotopic (exact) mass is 831 g/mol. The molecule has 0 saturated carbocycles. The number of ether oxygens (including phenoxy) is 1. The molecule has 5 N–H and O–H groups in total. The molecule has 2 aromatic heterocycles. The van der Waals surface area contributed by atoms with Gasteiger partial charge in [0, 0.05) is 54.6 Å².